The fraction of sp³-hybridized carbons (Fsp3) is 0. The number of pyridine rings is 2. The molecule has 4 aromatic carbocycles. The van der Waals surface area contributed by atoms with Crippen molar-refractivity contribution in [1.82, 2.24) is 16.1 Å². The molecule has 6 aromatic rings. The predicted molar refractivity (Wildman–Crippen MR) is 132 cm³/mol. The molecule has 2 aromatic heterocycles. The van der Waals surface area contributed by atoms with Gasteiger partial charge in [0, 0.05) is 21.5 Å². The Morgan fingerprint density at radius 3 is 1.00 bits per heavy atom. The Bertz CT molecular complexity index is 1210. The summed E-state index contributed by atoms with van der Waals surface area (Å²) < 4.78 is 0. The zero-order valence-corrected chi connectivity index (χ0v) is 17.7. The molecule has 164 valence electrons. The first-order valence-corrected chi connectivity index (χ1v) is 9.92. The van der Waals surface area contributed by atoms with Crippen LogP contribution in [-0.4, -0.2) is 20.3 Å². The molecule has 7 heteroatoms. The first kappa shape index (κ1) is 23.1. The maximum Gasteiger partial charge on any atom is 0.291 e. The van der Waals surface area contributed by atoms with E-state index < -0.39 is 5.09 Å². The summed E-state index contributed by atoms with van der Waals surface area (Å²) >= 11 is 0. The summed E-state index contributed by atoms with van der Waals surface area (Å²) in [4.78, 5) is 17.5. The number of fused-ring (bicyclic) bond motifs is 4. The highest BCUT2D eigenvalue weighted by Gasteiger charge is 1.97. The smallest absolute Gasteiger partial charge is 0.291 e. The van der Waals surface area contributed by atoms with Gasteiger partial charge in [-0.15, -0.1) is 10.1 Å². The number of benzene rings is 4. The Morgan fingerprint density at radius 1 is 0.545 bits per heavy atom. The molecule has 0 radical (unpaired) electrons. The monoisotopic (exact) mass is 438 g/mol. The number of hydrogen-bond donors (Lipinski definition) is 2. The van der Waals surface area contributed by atoms with E-state index in [0.717, 1.165) is 22.1 Å². The third kappa shape index (κ3) is 5.75. The second-order valence-corrected chi connectivity index (χ2v) is 6.99. The Hall–Kier alpha value is -4.62. The fourth-order valence-electron chi connectivity index (χ4n) is 3.44. The van der Waals surface area contributed by atoms with E-state index in [2.05, 4.69) is 46.4 Å². The van der Waals surface area contributed by atoms with Gasteiger partial charge in [0.25, 0.3) is 5.09 Å². The van der Waals surface area contributed by atoms with Crippen LogP contribution in [0.25, 0.3) is 43.6 Å². The van der Waals surface area contributed by atoms with E-state index in [0.29, 0.717) is 0 Å². The average Bonchev–Trinajstić information content (AvgIpc) is 2.81. The largest absolute Gasteiger partial charge is 0.344 e. The van der Waals surface area contributed by atoms with Crippen LogP contribution in [0.2, 0.25) is 0 Å². The third-order valence-electron chi connectivity index (χ3n) is 4.85. The standard InChI is InChI=1S/2C13H9N.HNO3.H3N/c2*1-3-7-12-10(5-1)9-11-6-2-4-8-13(11)14-12;2-1(3)4;/h2*1-9H;(H,2,3,4);1H3. The molecular weight excluding hydrogens is 416 g/mol. The number of rotatable bonds is 0. The van der Waals surface area contributed by atoms with Gasteiger partial charge in [0.1, 0.15) is 0 Å². The third-order valence-corrected chi connectivity index (χ3v) is 4.85. The van der Waals surface area contributed by atoms with Crippen molar-refractivity contribution in [3.8, 4) is 0 Å². The zero-order chi connectivity index (χ0) is 22.3. The molecule has 2 heterocycles. The molecule has 6 rings (SSSR count). The normalized spacial score (nSPS) is 9.94. The molecule has 0 aliphatic heterocycles. The summed E-state index contributed by atoms with van der Waals surface area (Å²) in [7, 11) is 0. The van der Waals surface area contributed by atoms with Gasteiger partial charge in [-0.3, -0.25) is 0 Å². The Morgan fingerprint density at radius 2 is 0.758 bits per heavy atom. The van der Waals surface area contributed by atoms with E-state index in [1.807, 2.05) is 72.8 Å². The van der Waals surface area contributed by atoms with Crippen molar-refractivity contribution in [2.24, 2.45) is 0 Å². The summed E-state index contributed by atoms with van der Waals surface area (Å²) in [6.07, 6.45) is 0. The molecule has 0 atom stereocenters. The molecule has 0 spiro atoms. The van der Waals surface area contributed by atoms with Gasteiger partial charge in [-0.2, -0.15) is 0 Å². The molecule has 0 fully saturated rings. The lowest BCUT2D eigenvalue weighted by Gasteiger charge is -1.99. The molecule has 0 bridgehead atoms. The van der Waals surface area contributed by atoms with E-state index >= 15 is 0 Å². The highest BCUT2D eigenvalue weighted by atomic mass is 16.9. The number of hydrogen-bond acceptors (Lipinski definition) is 5. The van der Waals surface area contributed by atoms with Gasteiger partial charge in [0.2, 0.25) is 0 Å². The summed E-state index contributed by atoms with van der Waals surface area (Å²) in [5, 5.41) is 18.4. The summed E-state index contributed by atoms with van der Waals surface area (Å²) in [6, 6.07) is 37.1. The van der Waals surface area contributed by atoms with Gasteiger partial charge in [-0.1, -0.05) is 72.8 Å². The predicted octanol–water partition coefficient (Wildman–Crippen LogP) is 6.59. The van der Waals surface area contributed by atoms with Crippen LogP contribution in [0.15, 0.2) is 109 Å². The van der Waals surface area contributed by atoms with Gasteiger partial charge in [-0.05, 0) is 36.4 Å². The first-order chi connectivity index (χ1) is 15.6. The fourth-order valence-corrected chi connectivity index (χ4v) is 3.44. The van der Waals surface area contributed by atoms with Crippen LogP contribution >= 0.6 is 0 Å². The Labute approximate surface area is 189 Å². The highest BCUT2D eigenvalue weighted by molar-refractivity contribution is 5.93. The van der Waals surface area contributed by atoms with Gasteiger partial charge in [0.15, 0.2) is 0 Å². The van der Waals surface area contributed by atoms with Crippen molar-refractivity contribution in [2.45, 2.75) is 0 Å². The summed E-state index contributed by atoms with van der Waals surface area (Å²) in [5.74, 6) is 0. The molecule has 33 heavy (non-hydrogen) atoms. The van der Waals surface area contributed by atoms with Gasteiger partial charge < -0.3 is 11.4 Å². The van der Waals surface area contributed by atoms with E-state index in [-0.39, 0.29) is 6.15 Å². The van der Waals surface area contributed by atoms with Crippen molar-refractivity contribution in [3.05, 3.63) is 119 Å². The van der Waals surface area contributed by atoms with Crippen LogP contribution in [0.1, 0.15) is 0 Å². The average molecular weight is 438 g/mol. The van der Waals surface area contributed by atoms with Gasteiger partial charge in [0.05, 0.1) is 22.1 Å². The summed E-state index contributed by atoms with van der Waals surface area (Å²) in [6.45, 7) is 0. The van der Waals surface area contributed by atoms with Crippen molar-refractivity contribution >= 4 is 43.6 Å². The molecular formula is C26H22N4O3. The van der Waals surface area contributed by atoms with E-state index in [9.17, 15) is 0 Å². The number of nitrogens with zero attached hydrogens (tertiary/aromatic N) is 3. The minimum atomic E-state index is -1.50. The van der Waals surface area contributed by atoms with Crippen LogP contribution in [-0.2, 0) is 0 Å². The molecule has 0 saturated heterocycles. The van der Waals surface area contributed by atoms with Crippen LogP contribution < -0.4 is 6.15 Å². The van der Waals surface area contributed by atoms with Crippen LogP contribution in [0, 0.1) is 10.1 Å². The topological polar surface area (TPSA) is 124 Å². The van der Waals surface area contributed by atoms with Crippen LogP contribution in [0.4, 0.5) is 0 Å². The molecule has 0 unspecified atom stereocenters. The lowest BCUT2D eigenvalue weighted by atomic mass is 10.1. The van der Waals surface area contributed by atoms with Gasteiger partial charge >= 0.3 is 0 Å². The van der Waals surface area contributed by atoms with E-state index in [1.54, 1.807) is 0 Å². The van der Waals surface area contributed by atoms with Crippen molar-refractivity contribution < 1.29 is 10.3 Å². The lowest BCUT2D eigenvalue weighted by molar-refractivity contribution is -0.742. The molecule has 4 N–H and O–H groups in total. The minimum absolute atomic E-state index is 0. The summed E-state index contributed by atoms with van der Waals surface area (Å²) in [5.41, 5.74) is 4.25. The van der Waals surface area contributed by atoms with Crippen molar-refractivity contribution in [3.63, 3.8) is 0 Å². The molecule has 7 nitrogen and oxygen atoms in total. The highest BCUT2D eigenvalue weighted by Crippen LogP contribution is 2.19. The SMILES string of the molecule is N.O=[N+]([O-])O.c1ccc2nc3ccccc3cc2c1.c1ccc2nc3ccccc3cc2c1. The maximum atomic E-state index is 8.36. The van der Waals surface area contributed by atoms with Crippen molar-refractivity contribution in [2.75, 3.05) is 0 Å². The minimum Gasteiger partial charge on any atom is -0.344 e. The second-order valence-electron chi connectivity index (χ2n) is 6.99. The molecule has 0 aliphatic rings. The zero-order valence-electron chi connectivity index (χ0n) is 17.7. The Kier molecular flexibility index (Phi) is 7.41. The van der Waals surface area contributed by atoms with E-state index in [1.165, 1.54) is 21.5 Å². The molecule has 0 amide bonds. The maximum absolute atomic E-state index is 8.36. The Balaban J connectivity index is 0.000000156. The van der Waals surface area contributed by atoms with E-state index in [4.69, 9.17) is 15.3 Å². The van der Waals surface area contributed by atoms with Gasteiger partial charge in [-0.25, -0.2) is 9.97 Å². The first-order valence-electron chi connectivity index (χ1n) is 9.92. The molecule has 0 aliphatic carbocycles. The van der Waals surface area contributed by atoms with Crippen molar-refractivity contribution in [1.29, 1.82) is 0 Å². The molecule has 0 saturated carbocycles. The van der Waals surface area contributed by atoms with Crippen LogP contribution in [0.3, 0.4) is 0 Å². The van der Waals surface area contributed by atoms with Crippen LogP contribution in [0.5, 0.6) is 0 Å². The number of para-hydroxylation sites is 4. The quantitative estimate of drug-likeness (QED) is 0.157. The lowest BCUT2D eigenvalue weighted by Crippen LogP contribution is -1.81. The number of aromatic nitrogens is 2. The second kappa shape index (κ2) is 10.6.